The monoisotopic (exact) mass is 257 g/mol. The molecule has 0 spiro atoms. The van der Waals surface area contributed by atoms with Crippen LogP contribution in [0.25, 0.3) is 0 Å². The van der Waals surface area contributed by atoms with Crippen molar-refractivity contribution in [1.82, 2.24) is 10.1 Å². The van der Waals surface area contributed by atoms with Gasteiger partial charge in [0.05, 0.1) is 11.6 Å². The highest BCUT2D eigenvalue weighted by Gasteiger charge is 2.10. The normalized spacial score (nSPS) is 10.5. The van der Waals surface area contributed by atoms with Gasteiger partial charge in [0.1, 0.15) is 5.75 Å². The molecular weight excluding hydrogens is 242 g/mol. The summed E-state index contributed by atoms with van der Waals surface area (Å²) in [6.45, 7) is 6.12. The van der Waals surface area contributed by atoms with Crippen molar-refractivity contribution in [2.24, 2.45) is 0 Å². The fourth-order valence-corrected chi connectivity index (χ4v) is 1.53. The molecule has 0 bridgehead atoms. The van der Waals surface area contributed by atoms with E-state index in [2.05, 4.69) is 16.2 Å². The molecule has 0 fully saturated rings. The van der Waals surface area contributed by atoms with Crippen molar-refractivity contribution < 1.29 is 9.26 Å². The van der Waals surface area contributed by atoms with Crippen molar-refractivity contribution in [3.8, 4) is 11.8 Å². The molecule has 0 amide bonds. The zero-order valence-electron chi connectivity index (χ0n) is 11.2. The molecule has 0 N–H and O–H groups in total. The summed E-state index contributed by atoms with van der Waals surface area (Å²) in [4.78, 5) is 4.23. The van der Waals surface area contributed by atoms with E-state index >= 15 is 0 Å². The SMILES string of the molecule is Cc1ccc(C#N)cc1OCc1nc(C(C)C)no1. The van der Waals surface area contributed by atoms with E-state index < -0.39 is 0 Å². The van der Waals surface area contributed by atoms with E-state index in [1.165, 1.54) is 0 Å². The molecule has 0 aliphatic rings. The minimum absolute atomic E-state index is 0.204. The number of rotatable bonds is 4. The fourth-order valence-electron chi connectivity index (χ4n) is 1.53. The Kier molecular flexibility index (Phi) is 3.81. The Bertz CT molecular complexity index is 611. The molecule has 19 heavy (non-hydrogen) atoms. The summed E-state index contributed by atoms with van der Waals surface area (Å²) in [5.74, 6) is 1.98. The smallest absolute Gasteiger partial charge is 0.264 e. The third-order valence-corrected chi connectivity index (χ3v) is 2.67. The lowest BCUT2D eigenvalue weighted by Gasteiger charge is -2.06. The maximum atomic E-state index is 8.86. The number of aryl methyl sites for hydroxylation is 1. The van der Waals surface area contributed by atoms with Crippen LogP contribution in [0.5, 0.6) is 5.75 Å². The van der Waals surface area contributed by atoms with Crippen LogP contribution in [0.3, 0.4) is 0 Å². The molecule has 5 heteroatoms. The van der Waals surface area contributed by atoms with Crippen molar-refractivity contribution in [3.05, 3.63) is 41.0 Å². The van der Waals surface area contributed by atoms with Gasteiger partial charge in [-0.25, -0.2) is 0 Å². The summed E-state index contributed by atoms with van der Waals surface area (Å²) in [7, 11) is 0. The van der Waals surface area contributed by atoms with Gasteiger partial charge in [-0.3, -0.25) is 0 Å². The number of benzene rings is 1. The topological polar surface area (TPSA) is 71.9 Å². The molecule has 0 aliphatic carbocycles. The summed E-state index contributed by atoms with van der Waals surface area (Å²) in [6, 6.07) is 7.39. The minimum Gasteiger partial charge on any atom is -0.483 e. The van der Waals surface area contributed by atoms with Crippen molar-refractivity contribution >= 4 is 0 Å². The van der Waals surface area contributed by atoms with Gasteiger partial charge in [0, 0.05) is 5.92 Å². The molecule has 0 saturated heterocycles. The van der Waals surface area contributed by atoms with Crippen molar-refractivity contribution in [2.75, 3.05) is 0 Å². The van der Waals surface area contributed by atoms with E-state index in [-0.39, 0.29) is 12.5 Å². The molecule has 98 valence electrons. The van der Waals surface area contributed by atoms with Gasteiger partial charge >= 0.3 is 0 Å². The summed E-state index contributed by atoms with van der Waals surface area (Å²) >= 11 is 0. The van der Waals surface area contributed by atoms with Crippen LogP contribution >= 0.6 is 0 Å². The zero-order chi connectivity index (χ0) is 13.8. The first-order valence-electron chi connectivity index (χ1n) is 6.06. The average molecular weight is 257 g/mol. The van der Waals surface area contributed by atoms with Gasteiger partial charge in [0.2, 0.25) is 0 Å². The van der Waals surface area contributed by atoms with Crippen LogP contribution in [-0.4, -0.2) is 10.1 Å². The summed E-state index contributed by atoms with van der Waals surface area (Å²) < 4.78 is 10.7. The third kappa shape index (κ3) is 3.10. The largest absolute Gasteiger partial charge is 0.483 e. The Morgan fingerprint density at radius 1 is 1.42 bits per heavy atom. The second-order valence-electron chi connectivity index (χ2n) is 4.58. The predicted molar refractivity (Wildman–Crippen MR) is 68.6 cm³/mol. The molecule has 1 aromatic carbocycles. The van der Waals surface area contributed by atoms with Gasteiger partial charge in [-0.05, 0) is 24.6 Å². The van der Waals surface area contributed by atoms with Crippen LogP contribution in [0, 0.1) is 18.3 Å². The Hall–Kier alpha value is -2.35. The van der Waals surface area contributed by atoms with E-state index in [4.69, 9.17) is 14.5 Å². The van der Waals surface area contributed by atoms with Crippen LogP contribution in [0.15, 0.2) is 22.7 Å². The van der Waals surface area contributed by atoms with Crippen LogP contribution < -0.4 is 4.74 Å². The van der Waals surface area contributed by atoms with Crippen molar-refractivity contribution in [3.63, 3.8) is 0 Å². The summed E-state index contributed by atoms with van der Waals surface area (Å²) in [5.41, 5.74) is 1.52. The van der Waals surface area contributed by atoms with Gasteiger partial charge in [-0.2, -0.15) is 10.2 Å². The molecule has 1 heterocycles. The molecular formula is C14H15N3O2. The number of nitrogens with zero attached hydrogens (tertiary/aromatic N) is 3. The van der Waals surface area contributed by atoms with Crippen LogP contribution in [0.1, 0.15) is 42.6 Å². The van der Waals surface area contributed by atoms with Crippen LogP contribution in [0.4, 0.5) is 0 Å². The summed E-state index contributed by atoms with van der Waals surface area (Å²) in [5, 5.41) is 12.7. The van der Waals surface area contributed by atoms with Crippen LogP contribution in [0.2, 0.25) is 0 Å². The van der Waals surface area contributed by atoms with Gasteiger partial charge in [0.15, 0.2) is 12.4 Å². The first-order chi connectivity index (χ1) is 9.10. The quantitative estimate of drug-likeness (QED) is 0.842. The highest BCUT2D eigenvalue weighted by Crippen LogP contribution is 2.20. The lowest BCUT2D eigenvalue weighted by Crippen LogP contribution is -1.98. The van der Waals surface area contributed by atoms with E-state index in [1.807, 2.05) is 26.8 Å². The molecule has 1 aromatic heterocycles. The molecule has 0 unspecified atom stereocenters. The number of aromatic nitrogens is 2. The Morgan fingerprint density at radius 2 is 2.21 bits per heavy atom. The van der Waals surface area contributed by atoms with Crippen LogP contribution in [-0.2, 0) is 6.61 Å². The van der Waals surface area contributed by atoms with Gasteiger partial charge in [0.25, 0.3) is 5.89 Å². The third-order valence-electron chi connectivity index (χ3n) is 2.67. The second kappa shape index (κ2) is 5.53. The van der Waals surface area contributed by atoms with E-state index in [0.717, 1.165) is 5.56 Å². The predicted octanol–water partition coefficient (Wildman–Crippen LogP) is 2.95. The average Bonchev–Trinajstić information content (AvgIpc) is 2.87. The molecule has 0 atom stereocenters. The Balaban J connectivity index is 2.07. The maximum absolute atomic E-state index is 8.86. The second-order valence-corrected chi connectivity index (χ2v) is 4.58. The summed E-state index contributed by atoms with van der Waals surface area (Å²) in [6.07, 6.45) is 0. The van der Waals surface area contributed by atoms with E-state index in [0.29, 0.717) is 23.0 Å². The Morgan fingerprint density at radius 3 is 2.84 bits per heavy atom. The van der Waals surface area contributed by atoms with Crippen molar-refractivity contribution in [1.29, 1.82) is 5.26 Å². The highest BCUT2D eigenvalue weighted by atomic mass is 16.5. The molecule has 5 nitrogen and oxygen atoms in total. The number of hydrogen-bond acceptors (Lipinski definition) is 5. The molecule has 2 aromatic rings. The standard InChI is InChI=1S/C14H15N3O2/c1-9(2)14-16-13(19-17-14)8-18-12-6-11(7-15)5-4-10(12)3/h4-6,9H,8H2,1-3H3. The fraction of sp³-hybridized carbons (Fsp3) is 0.357. The molecule has 0 saturated carbocycles. The van der Waals surface area contributed by atoms with E-state index in [9.17, 15) is 0 Å². The molecule has 0 aliphatic heterocycles. The highest BCUT2D eigenvalue weighted by molar-refractivity contribution is 5.41. The minimum atomic E-state index is 0.204. The van der Waals surface area contributed by atoms with E-state index in [1.54, 1.807) is 12.1 Å². The number of ether oxygens (including phenoxy) is 1. The number of hydrogen-bond donors (Lipinski definition) is 0. The lowest BCUT2D eigenvalue weighted by molar-refractivity contribution is 0.241. The first-order valence-corrected chi connectivity index (χ1v) is 6.06. The maximum Gasteiger partial charge on any atom is 0.264 e. The van der Waals surface area contributed by atoms with Gasteiger partial charge in [-0.15, -0.1) is 0 Å². The molecule has 0 radical (unpaired) electrons. The molecule has 2 rings (SSSR count). The van der Waals surface area contributed by atoms with Gasteiger partial charge < -0.3 is 9.26 Å². The number of nitriles is 1. The zero-order valence-corrected chi connectivity index (χ0v) is 11.2. The first kappa shape index (κ1) is 13.1. The van der Waals surface area contributed by atoms with Gasteiger partial charge in [-0.1, -0.05) is 25.1 Å². The lowest BCUT2D eigenvalue weighted by atomic mass is 10.1. The Labute approximate surface area is 111 Å². The van der Waals surface area contributed by atoms with Crippen molar-refractivity contribution in [2.45, 2.75) is 33.3 Å².